The number of fused-ring (bicyclic) bond motifs is 5. The number of hydrogen-bond donors (Lipinski definition) is 0. The zero-order valence-corrected chi connectivity index (χ0v) is 21.3. The monoisotopic (exact) mass is 515 g/mol. The molecule has 5 heteroatoms. The quantitative estimate of drug-likeness (QED) is 0.180. The molecule has 8 aromatic rings. The third kappa shape index (κ3) is 3.12. The number of hydrogen-bond acceptors (Lipinski definition) is 4. The summed E-state index contributed by atoms with van der Waals surface area (Å²) in [5.41, 5.74) is 4.47. The highest BCUT2D eigenvalue weighted by Crippen LogP contribution is 2.40. The van der Waals surface area contributed by atoms with E-state index in [2.05, 4.69) is 40.2 Å². The summed E-state index contributed by atoms with van der Waals surface area (Å²) in [5, 5.41) is 4.28. The molecule has 0 atom stereocenters. The maximum Gasteiger partial charge on any atom is 0.200 e. The Kier molecular flexibility index (Phi) is 4.76. The van der Waals surface area contributed by atoms with E-state index in [4.69, 9.17) is 0 Å². The molecule has 0 radical (unpaired) electrons. The van der Waals surface area contributed by atoms with E-state index in [1.54, 1.807) is 12.4 Å². The van der Waals surface area contributed by atoms with Gasteiger partial charge in [0.25, 0.3) is 0 Å². The number of para-hydroxylation sites is 2. The second-order valence-corrected chi connectivity index (χ2v) is 9.97. The van der Waals surface area contributed by atoms with E-state index in [1.807, 2.05) is 89.3 Å². The Hall–Kier alpha value is -5.55. The molecule has 3 aromatic heterocycles. The minimum atomic E-state index is -0.153. The first-order valence-electron chi connectivity index (χ1n) is 13.1. The van der Waals surface area contributed by atoms with Gasteiger partial charge in [-0.25, -0.2) is 0 Å². The Morgan fingerprint density at radius 1 is 0.550 bits per heavy atom. The molecular weight excluding hydrogens is 494 g/mol. The summed E-state index contributed by atoms with van der Waals surface area (Å²) in [6, 6.07) is 38.1. The van der Waals surface area contributed by atoms with E-state index in [-0.39, 0.29) is 10.9 Å². The largest absolute Gasteiger partial charge is 0.310 e. The third-order valence-corrected chi connectivity index (χ3v) is 7.75. The lowest BCUT2D eigenvalue weighted by Gasteiger charge is -2.27. The molecule has 5 nitrogen and oxygen atoms in total. The van der Waals surface area contributed by atoms with Crippen molar-refractivity contribution in [1.29, 1.82) is 0 Å². The summed E-state index contributed by atoms with van der Waals surface area (Å²) in [7, 11) is 0. The van der Waals surface area contributed by atoms with Crippen LogP contribution >= 0.6 is 0 Å². The zero-order chi connectivity index (χ0) is 26.8. The van der Waals surface area contributed by atoms with E-state index >= 15 is 0 Å². The second kappa shape index (κ2) is 8.48. The van der Waals surface area contributed by atoms with Crippen molar-refractivity contribution in [2.24, 2.45) is 0 Å². The fraction of sp³-hybridized carbons (Fsp3) is 0. The maximum atomic E-state index is 14.4. The molecule has 0 saturated heterocycles. The minimum absolute atomic E-state index is 0.120. The molecule has 40 heavy (non-hydrogen) atoms. The summed E-state index contributed by atoms with van der Waals surface area (Å²) in [4.78, 5) is 34.2. The predicted molar refractivity (Wildman–Crippen MR) is 164 cm³/mol. The highest BCUT2D eigenvalue weighted by molar-refractivity contribution is 6.10. The highest BCUT2D eigenvalue weighted by atomic mass is 16.1. The number of aromatic nitrogens is 2. The van der Waals surface area contributed by atoms with Crippen LogP contribution in [-0.4, -0.2) is 9.38 Å². The van der Waals surface area contributed by atoms with Crippen molar-refractivity contribution in [2.75, 3.05) is 4.90 Å². The minimum Gasteiger partial charge on any atom is -0.310 e. The van der Waals surface area contributed by atoms with Crippen molar-refractivity contribution in [3.63, 3.8) is 0 Å². The summed E-state index contributed by atoms with van der Waals surface area (Å²) >= 11 is 0. The smallest absolute Gasteiger partial charge is 0.200 e. The van der Waals surface area contributed by atoms with Crippen LogP contribution in [0.2, 0.25) is 0 Å². The van der Waals surface area contributed by atoms with Crippen LogP contribution in [0, 0.1) is 0 Å². The van der Waals surface area contributed by atoms with Crippen molar-refractivity contribution in [3.05, 3.63) is 148 Å². The predicted octanol–water partition coefficient (Wildman–Crippen LogP) is 7.58. The molecule has 0 N–H and O–H groups in total. The molecule has 0 unspecified atom stereocenters. The van der Waals surface area contributed by atoms with Gasteiger partial charge in [-0.3, -0.25) is 14.6 Å². The number of rotatable bonds is 3. The van der Waals surface area contributed by atoms with E-state index in [0.29, 0.717) is 27.1 Å². The Morgan fingerprint density at radius 2 is 1.25 bits per heavy atom. The van der Waals surface area contributed by atoms with E-state index in [1.165, 1.54) is 0 Å². The number of benzene rings is 5. The van der Waals surface area contributed by atoms with Crippen molar-refractivity contribution >= 4 is 65.9 Å². The van der Waals surface area contributed by atoms with Gasteiger partial charge in [0.05, 0.1) is 38.4 Å². The van der Waals surface area contributed by atoms with Crippen LogP contribution in [0.15, 0.2) is 137 Å². The molecule has 0 spiro atoms. The Balaban J connectivity index is 1.56. The van der Waals surface area contributed by atoms with Gasteiger partial charge in [-0.2, -0.15) is 0 Å². The van der Waals surface area contributed by atoms with Crippen molar-refractivity contribution in [2.45, 2.75) is 0 Å². The van der Waals surface area contributed by atoms with Crippen LogP contribution in [0.5, 0.6) is 0 Å². The van der Waals surface area contributed by atoms with Crippen LogP contribution < -0.4 is 15.8 Å². The molecule has 0 saturated carbocycles. The van der Waals surface area contributed by atoms with E-state index in [0.717, 1.165) is 38.9 Å². The first kappa shape index (κ1) is 22.4. The van der Waals surface area contributed by atoms with Gasteiger partial charge >= 0.3 is 0 Å². The third-order valence-electron chi connectivity index (χ3n) is 7.75. The van der Waals surface area contributed by atoms with Crippen molar-refractivity contribution < 1.29 is 0 Å². The number of pyridine rings is 3. The lowest BCUT2D eigenvalue weighted by atomic mass is 10.0. The number of anilines is 3. The van der Waals surface area contributed by atoms with Gasteiger partial charge in [0.2, 0.25) is 5.43 Å². The molecule has 0 fully saturated rings. The van der Waals surface area contributed by atoms with Crippen LogP contribution in [-0.2, 0) is 0 Å². The first-order valence-corrected chi connectivity index (χ1v) is 13.1. The Bertz CT molecular complexity index is 2380. The van der Waals surface area contributed by atoms with E-state index < -0.39 is 0 Å². The van der Waals surface area contributed by atoms with Crippen LogP contribution in [0.3, 0.4) is 0 Å². The van der Waals surface area contributed by atoms with Crippen LogP contribution in [0.1, 0.15) is 0 Å². The van der Waals surface area contributed by atoms with Crippen LogP contribution in [0.25, 0.3) is 48.9 Å². The topological polar surface area (TPSA) is 54.7 Å². The SMILES string of the molecule is O=c1c2ccccc2n2c3cccc(N(c4ccccc4)c4ccc5ccccc5c4)c3c(=O)c3cncc1c32. The molecule has 3 heterocycles. The average molecular weight is 516 g/mol. The van der Waals surface area contributed by atoms with Gasteiger partial charge in [0.1, 0.15) is 0 Å². The molecule has 0 aliphatic heterocycles. The Morgan fingerprint density at radius 3 is 2.10 bits per heavy atom. The maximum absolute atomic E-state index is 14.4. The normalized spacial score (nSPS) is 11.7. The summed E-state index contributed by atoms with van der Waals surface area (Å²) in [5.74, 6) is 0. The van der Waals surface area contributed by atoms with Crippen molar-refractivity contribution in [1.82, 2.24) is 9.38 Å². The summed E-state index contributed by atoms with van der Waals surface area (Å²) < 4.78 is 2.05. The standard InChI is InChI=1S/C35H21N3O2/c39-34-26-13-6-7-14-29(26)38-31-16-8-15-30(32(31)35(40)28-21-36-20-27(34)33(28)38)37(24-11-2-1-3-12-24)25-18-17-22-9-4-5-10-23(22)19-25/h1-21H. The van der Waals surface area contributed by atoms with Gasteiger partial charge in [0, 0.05) is 29.2 Å². The summed E-state index contributed by atoms with van der Waals surface area (Å²) in [6.45, 7) is 0. The molecule has 0 aliphatic carbocycles. The number of nitrogens with zero attached hydrogens (tertiary/aromatic N) is 3. The van der Waals surface area contributed by atoms with Crippen molar-refractivity contribution in [3.8, 4) is 0 Å². The first-order chi connectivity index (χ1) is 19.7. The van der Waals surface area contributed by atoms with Gasteiger partial charge in [-0.15, -0.1) is 0 Å². The van der Waals surface area contributed by atoms with Crippen LogP contribution in [0.4, 0.5) is 17.1 Å². The molecule has 0 aliphatic rings. The van der Waals surface area contributed by atoms with Gasteiger partial charge in [-0.05, 0) is 59.3 Å². The molecule has 0 amide bonds. The lowest BCUT2D eigenvalue weighted by molar-refractivity contribution is 1.26. The second-order valence-electron chi connectivity index (χ2n) is 9.97. The summed E-state index contributed by atoms with van der Waals surface area (Å²) in [6.07, 6.45) is 3.15. The molecule has 8 rings (SSSR count). The fourth-order valence-corrected chi connectivity index (χ4v) is 5.99. The molecule has 188 valence electrons. The van der Waals surface area contributed by atoms with Gasteiger partial charge in [-0.1, -0.05) is 66.7 Å². The molecular formula is C35H21N3O2. The van der Waals surface area contributed by atoms with E-state index in [9.17, 15) is 9.59 Å². The average Bonchev–Trinajstić information content (AvgIpc) is 3.01. The lowest BCUT2D eigenvalue weighted by Crippen LogP contribution is -2.18. The highest BCUT2D eigenvalue weighted by Gasteiger charge is 2.22. The zero-order valence-electron chi connectivity index (χ0n) is 21.3. The Labute approximate surface area is 228 Å². The molecule has 5 aromatic carbocycles. The van der Waals surface area contributed by atoms with Gasteiger partial charge < -0.3 is 9.30 Å². The fourth-order valence-electron chi connectivity index (χ4n) is 5.99. The van der Waals surface area contributed by atoms with Gasteiger partial charge in [0.15, 0.2) is 5.43 Å². The molecule has 0 bridgehead atoms.